The fourth-order valence-electron chi connectivity index (χ4n) is 3.71. The molecule has 0 saturated carbocycles. The van der Waals surface area contributed by atoms with Gasteiger partial charge in [-0.1, -0.05) is 12.1 Å². The average molecular weight is 287 g/mol. The Kier molecular flexibility index (Phi) is 4.51. The van der Waals surface area contributed by atoms with Gasteiger partial charge in [0.1, 0.15) is 0 Å². The van der Waals surface area contributed by atoms with Crippen molar-refractivity contribution in [3.8, 4) is 0 Å². The molecule has 1 fully saturated rings. The van der Waals surface area contributed by atoms with E-state index in [4.69, 9.17) is 0 Å². The molecule has 2 aliphatic heterocycles. The molecule has 3 heteroatoms. The molecule has 0 aliphatic carbocycles. The molecule has 0 N–H and O–H groups in total. The predicted molar refractivity (Wildman–Crippen MR) is 90.2 cm³/mol. The Morgan fingerprint density at radius 2 is 2.05 bits per heavy atom. The van der Waals surface area contributed by atoms with Gasteiger partial charge < -0.3 is 14.7 Å². The third-order valence-electron chi connectivity index (χ3n) is 5.13. The summed E-state index contributed by atoms with van der Waals surface area (Å²) in [6.07, 6.45) is 3.92. The Bertz CT molecular complexity index is 483. The number of hydrogen-bond donors (Lipinski definition) is 0. The number of piperidine rings is 1. The Morgan fingerprint density at radius 1 is 1.19 bits per heavy atom. The number of likely N-dealkylation sites (tertiary alicyclic amines) is 1. The molecule has 1 aromatic carbocycles. The van der Waals surface area contributed by atoms with E-state index in [0.29, 0.717) is 0 Å². The summed E-state index contributed by atoms with van der Waals surface area (Å²) in [7, 11) is 4.43. The summed E-state index contributed by atoms with van der Waals surface area (Å²) in [6, 6.07) is 7.66. The molecule has 1 aromatic rings. The third-order valence-corrected chi connectivity index (χ3v) is 5.13. The zero-order chi connectivity index (χ0) is 14.8. The molecule has 116 valence electrons. The van der Waals surface area contributed by atoms with Gasteiger partial charge in [0.05, 0.1) is 0 Å². The molecule has 0 amide bonds. The van der Waals surface area contributed by atoms with Gasteiger partial charge in [-0.15, -0.1) is 0 Å². The molecule has 1 saturated heterocycles. The smallest absolute Gasteiger partial charge is 0.0402 e. The molecule has 1 unspecified atom stereocenters. The number of fused-ring (bicyclic) bond motifs is 1. The van der Waals surface area contributed by atoms with Gasteiger partial charge >= 0.3 is 0 Å². The highest BCUT2D eigenvalue weighted by molar-refractivity contribution is 5.59. The lowest BCUT2D eigenvalue weighted by Crippen LogP contribution is -2.47. The van der Waals surface area contributed by atoms with E-state index in [1.54, 1.807) is 0 Å². The van der Waals surface area contributed by atoms with E-state index in [2.05, 4.69) is 53.9 Å². The zero-order valence-corrected chi connectivity index (χ0v) is 13.8. The summed E-state index contributed by atoms with van der Waals surface area (Å²) in [5.74, 6) is 0. The summed E-state index contributed by atoms with van der Waals surface area (Å²) in [4.78, 5) is 7.63. The maximum Gasteiger partial charge on any atom is 0.0402 e. The van der Waals surface area contributed by atoms with E-state index < -0.39 is 0 Å². The minimum atomic E-state index is 0.742. The first-order valence-corrected chi connectivity index (χ1v) is 8.37. The van der Waals surface area contributed by atoms with Crippen LogP contribution in [0.15, 0.2) is 18.2 Å². The molecule has 0 bridgehead atoms. The second kappa shape index (κ2) is 6.37. The number of benzene rings is 1. The summed E-state index contributed by atoms with van der Waals surface area (Å²) < 4.78 is 0. The topological polar surface area (TPSA) is 9.72 Å². The number of nitrogens with zero attached hydrogens (tertiary/aromatic N) is 3. The second-order valence-corrected chi connectivity index (χ2v) is 6.93. The number of likely N-dealkylation sites (N-methyl/N-ethyl adjacent to an activating group) is 1. The largest absolute Gasteiger partial charge is 0.370 e. The molecule has 0 radical (unpaired) electrons. The molecular weight excluding hydrogens is 258 g/mol. The van der Waals surface area contributed by atoms with Crippen LogP contribution < -0.4 is 4.90 Å². The predicted octanol–water partition coefficient (Wildman–Crippen LogP) is 2.38. The van der Waals surface area contributed by atoms with Crippen LogP contribution >= 0.6 is 0 Å². The first-order valence-electron chi connectivity index (χ1n) is 8.37. The Balaban J connectivity index is 1.56. The van der Waals surface area contributed by atoms with E-state index in [0.717, 1.165) is 6.04 Å². The van der Waals surface area contributed by atoms with Crippen molar-refractivity contribution >= 4 is 5.69 Å². The van der Waals surface area contributed by atoms with Crippen LogP contribution in [-0.4, -0.2) is 62.7 Å². The van der Waals surface area contributed by atoms with Crippen LogP contribution in [0.3, 0.4) is 0 Å². The minimum Gasteiger partial charge on any atom is -0.370 e. The first-order chi connectivity index (χ1) is 10.1. The summed E-state index contributed by atoms with van der Waals surface area (Å²) in [5.41, 5.74) is 4.40. The molecule has 3 nitrogen and oxygen atoms in total. The normalized spacial score (nSPS) is 22.9. The van der Waals surface area contributed by atoms with Gasteiger partial charge in [0.15, 0.2) is 0 Å². The summed E-state index contributed by atoms with van der Waals surface area (Å²) >= 11 is 0. The van der Waals surface area contributed by atoms with Crippen molar-refractivity contribution in [3.05, 3.63) is 29.3 Å². The van der Waals surface area contributed by atoms with Crippen molar-refractivity contribution in [1.29, 1.82) is 0 Å². The van der Waals surface area contributed by atoms with Crippen LogP contribution in [0.1, 0.15) is 24.0 Å². The average Bonchev–Trinajstić information content (AvgIpc) is 2.87. The number of anilines is 1. The fraction of sp³-hybridized carbons (Fsp3) is 0.667. The number of rotatable bonds is 4. The minimum absolute atomic E-state index is 0.742. The Hall–Kier alpha value is -1.06. The van der Waals surface area contributed by atoms with Gasteiger partial charge in [0, 0.05) is 37.9 Å². The second-order valence-electron chi connectivity index (χ2n) is 6.93. The maximum atomic E-state index is 2.65. The van der Waals surface area contributed by atoms with E-state index in [9.17, 15) is 0 Å². The molecule has 21 heavy (non-hydrogen) atoms. The number of hydrogen-bond acceptors (Lipinski definition) is 3. The van der Waals surface area contributed by atoms with Crippen molar-refractivity contribution in [3.63, 3.8) is 0 Å². The molecule has 2 aliphatic rings. The summed E-state index contributed by atoms with van der Waals surface area (Å²) in [5, 5.41) is 0. The lowest BCUT2D eigenvalue weighted by atomic mass is 10.1. The zero-order valence-electron chi connectivity index (χ0n) is 13.8. The summed E-state index contributed by atoms with van der Waals surface area (Å²) in [6.45, 7) is 8.29. The monoisotopic (exact) mass is 287 g/mol. The van der Waals surface area contributed by atoms with Crippen molar-refractivity contribution in [2.75, 3.05) is 51.7 Å². The lowest BCUT2D eigenvalue weighted by Gasteiger charge is -2.37. The van der Waals surface area contributed by atoms with Crippen molar-refractivity contribution in [1.82, 2.24) is 9.80 Å². The van der Waals surface area contributed by atoms with Crippen LogP contribution in [0.25, 0.3) is 0 Å². The van der Waals surface area contributed by atoms with Crippen molar-refractivity contribution < 1.29 is 0 Å². The van der Waals surface area contributed by atoms with Gasteiger partial charge in [0.2, 0.25) is 0 Å². The van der Waals surface area contributed by atoms with E-state index in [-0.39, 0.29) is 0 Å². The van der Waals surface area contributed by atoms with Gasteiger partial charge in [0.25, 0.3) is 0 Å². The Labute approximate surface area is 129 Å². The van der Waals surface area contributed by atoms with Crippen LogP contribution in [0.2, 0.25) is 0 Å². The lowest BCUT2D eigenvalue weighted by molar-refractivity contribution is 0.135. The maximum absolute atomic E-state index is 2.65. The van der Waals surface area contributed by atoms with Gasteiger partial charge in [-0.25, -0.2) is 0 Å². The van der Waals surface area contributed by atoms with E-state index in [1.165, 1.54) is 68.8 Å². The first kappa shape index (κ1) is 14.9. The van der Waals surface area contributed by atoms with Gasteiger partial charge in [-0.05, 0) is 64.0 Å². The van der Waals surface area contributed by atoms with Crippen LogP contribution in [0.5, 0.6) is 0 Å². The van der Waals surface area contributed by atoms with Crippen LogP contribution in [0, 0.1) is 6.92 Å². The van der Waals surface area contributed by atoms with E-state index >= 15 is 0 Å². The highest BCUT2D eigenvalue weighted by atomic mass is 15.2. The van der Waals surface area contributed by atoms with Crippen molar-refractivity contribution in [2.24, 2.45) is 0 Å². The molecule has 0 aromatic heterocycles. The molecular formula is C18H29N3. The SMILES string of the molecule is Cc1ccc2c(c1)N(CCN1CCCC(N(C)C)C1)CC2. The standard InChI is InChI=1S/C18H29N3/c1-15-6-7-16-8-10-21(18(16)13-15)12-11-20-9-4-5-17(14-20)19(2)3/h6-7,13,17H,4-5,8-12,14H2,1-3H3. The number of aryl methyl sites for hydroxylation is 1. The third kappa shape index (κ3) is 3.41. The van der Waals surface area contributed by atoms with E-state index in [1.807, 2.05) is 0 Å². The Morgan fingerprint density at radius 3 is 2.86 bits per heavy atom. The molecule has 0 spiro atoms. The van der Waals surface area contributed by atoms with Crippen LogP contribution in [-0.2, 0) is 6.42 Å². The van der Waals surface area contributed by atoms with Gasteiger partial charge in [-0.2, -0.15) is 0 Å². The van der Waals surface area contributed by atoms with Crippen molar-refractivity contribution in [2.45, 2.75) is 32.2 Å². The molecule has 2 heterocycles. The molecule has 1 atom stereocenters. The van der Waals surface area contributed by atoms with Crippen LogP contribution in [0.4, 0.5) is 5.69 Å². The fourth-order valence-corrected chi connectivity index (χ4v) is 3.71. The quantitative estimate of drug-likeness (QED) is 0.842. The highest BCUT2D eigenvalue weighted by Crippen LogP contribution is 2.28. The van der Waals surface area contributed by atoms with Gasteiger partial charge in [-0.3, -0.25) is 0 Å². The highest BCUT2D eigenvalue weighted by Gasteiger charge is 2.23. The molecule has 3 rings (SSSR count).